The number of carbonyl (C=O) groups excluding carboxylic acids is 3. The van der Waals surface area contributed by atoms with E-state index in [2.05, 4.69) is 10.2 Å². The topological polar surface area (TPSA) is 110 Å². The lowest BCUT2D eigenvalue weighted by Crippen LogP contribution is -2.52. The summed E-state index contributed by atoms with van der Waals surface area (Å²) < 4.78 is 21.4. The fourth-order valence-corrected chi connectivity index (χ4v) is 6.01. The predicted octanol–water partition coefficient (Wildman–Crippen LogP) is 2.27. The Bertz CT molecular complexity index is 992. The first-order valence-electron chi connectivity index (χ1n) is 13.4. The Morgan fingerprint density at radius 3 is 2.37 bits per heavy atom. The molecule has 1 aromatic rings. The molecule has 1 aromatic carbocycles. The number of urea groups is 1. The van der Waals surface area contributed by atoms with Crippen molar-refractivity contribution in [1.82, 2.24) is 15.1 Å². The second-order valence-electron chi connectivity index (χ2n) is 10.1. The molecule has 4 amide bonds. The molecule has 1 N–H and O–H groups in total. The SMILES string of the molecule is COCCN(C[C@@H]1CCCN2CCCC[C@@H]12)C(=O)C[C@@H]1NC(=O)N(c2cc(OC)c(OC)c(OC)c2)C1=O. The number of methoxy groups -OCH3 is 4. The third kappa shape index (κ3) is 5.83. The number of nitrogens with one attached hydrogen (secondary N) is 1. The van der Waals surface area contributed by atoms with E-state index in [0.717, 1.165) is 37.3 Å². The Morgan fingerprint density at radius 1 is 1.00 bits per heavy atom. The number of hydrogen-bond acceptors (Lipinski definition) is 8. The number of hydrogen-bond donors (Lipinski definition) is 1. The van der Waals surface area contributed by atoms with Crippen molar-refractivity contribution in [3.63, 3.8) is 0 Å². The minimum absolute atomic E-state index is 0.115. The smallest absolute Gasteiger partial charge is 0.329 e. The zero-order chi connectivity index (χ0) is 27.2. The molecule has 3 fully saturated rings. The van der Waals surface area contributed by atoms with Crippen LogP contribution >= 0.6 is 0 Å². The Morgan fingerprint density at radius 2 is 1.71 bits per heavy atom. The van der Waals surface area contributed by atoms with Gasteiger partial charge in [0.05, 0.1) is 40.0 Å². The summed E-state index contributed by atoms with van der Waals surface area (Å²) in [6.07, 6.45) is 5.74. The lowest BCUT2D eigenvalue weighted by molar-refractivity contribution is -0.135. The van der Waals surface area contributed by atoms with Gasteiger partial charge in [0.25, 0.3) is 5.91 Å². The maximum absolute atomic E-state index is 13.5. The van der Waals surface area contributed by atoms with Gasteiger partial charge in [-0.15, -0.1) is 0 Å². The van der Waals surface area contributed by atoms with Crippen LogP contribution in [-0.2, 0) is 14.3 Å². The van der Waals surface area contributed by atoms with Crippen molar-refractivity contribution in [3.05, 3.63) is 12.1 Å². The fraction of sp³-hybridized carbons (Fsp3) is 0.667. The minimum atomic E-state index is -0.961. The van der Waals surface area contributed by atoms with Gasteiger partial charge in [0.2, 0.25) is 11.7 Å². The Hall–Kier alpha value is -3.05. The van der Waals surface area contributed by atoms with Crippen LogP contribution in [-0.4, -0.2) is 101 Å². The number of fused-ring (bicyclic) bond motifs is 1. The van der Waals surface area contributed by atoms with Crippen molar-refractivity contribution < 1.29 is 33.3 Å². The van der Waals surface area contributed by atoms with Crippen LogP contribution in [0.5, 0.6) is 17.2 Å². The summed E-state index contributed by atoms with van der Waals surface area (Å²) in [6, 6.07) is 2.01. The van der Waals surface area contributed by atoms with Crippen LogP contribution in [0.15, 0.2) is 12.1 Å². The standard InChI is InChI=1S/C27H40N4O7/c1-35-13-12-30(17-18-8-7-11-29-10-6-5-9-21(18)29)24(32)16-20-26(33)31(27(34)28-20)19-14-22(36-2)25(38-4)23(15-19)37-3/h14-15,18,20-21H,5-13,16-17H2,1-4H3,(H,28,34)/t18-,20-,21-/m0/s1. The third-order valence-electron chi connectivity index (χ3n) is 7.91. The number of piperidine rings is 2. The molecule has 3 saturated heterocycles. The molecule has 11 nitrogen and oxygen atoms in total. The fourth-order valence-electron chi connectivity index (χ4n) is 6.01. The van der Waals surface area contributed by atoms with Gasteiger partial charge in [0.15, 0.2) is 11.5 Å². The molecule has 3 atom stereocenters. The first kappa shape index (κ1) is 28.0. The second-order valence-corrected chi connectivity index (χ2v) is 10.1. The van der Waals surface area contributed by atoms with Crippen molar-refractivity contribution in [2.24, 2.45) is 5.92 Å². The van der Waals surface area contributed by atoms with Crippen molar-refractivity contribution in [2.75, 3.05) is 66.1 Å². The summed E-state index contributed by atoms with van der Waals surface area (Å²) in [6.45, 7) is 3.76. The molecule has 3 heterocycles. The molecule has 3 aliphatic rings. The number of nitrogens with zero attached hydrogens (tertiary/aromatic N) is 3. The minimum Gasteiger partial charge on any atom is -0.493 e. The zero-order valence-corrected chi connectivity index (χ0v) is 22.9. The van der Waals surface area contributed by atoms with Gasteiger partial charge in [-0.25, -0.2) is 9.69 Å². The molecule has 11 heteroatoms. The van der Waals surface area contributed by atoms with Crippen LogP contribution in [0.4, 0.5) is 10.5 Å². The number of anilines is 1. The Labute approximate surface area is 224 Å². The summed E-state index contributed by atoms with van der Waals surface area (Å²) in [5.41, 5.74) is 0.271. The van der Waals surface area contributed by atoms with Gasteiger partial charge in [-0.05, 0) is 44.7 Å². The first-order chi connectivity index (χ1) is 18.4. The van der Waals surface area contributed by atoms with Crippen LogP contribution in [0.2, 0.25) is 0 Å². The second kappa shape index (κ2) is 12.7. The largest absolute Gasteiger partial charge is 0.493 e. The molecular formula is C27H40N4O7. The van der Waals surface area contributed by atoms with E-state index in [0.29, 0.717) is 48.9 Å². The van der Waals surface area contributed by atoms with E-state index >= 15 is 0 Å². The van der Waals surface area contributed by atoms with E-state index in [1.54, 1.807) is 7.11 Å². The van der Waals surface area contributed by atoms with Gasteiger partial charge in [-0.2, -0.15) is 0 Å². The van der Waals surface area contributed by atoms with E-state index in [1.165, 1.54) is 46.3 Å². The highest BCUT2D eigenvalue weighted by molar-refractivity contribution is 6.22. The number of amides is 4. The quantitative estimate of drug-likeness (QED) is 0.433. The van der Waals surface area contributed by atoms with E-state index in [9.17, 15) is 14.4 Å². The van der Waals surface area contributed by atoms with Gasteiger partial charge in [0, 0.05) is 38.4 Å². The van der Waals surface area contributed by atoms with E-state index < -0.39 is 18.0 Å². The molecule has 0 saturated carbocycles. The van der Waals surface area contributed by atoms with E-state index in [4.69, 9.17) is 18.9 Å². The van der Waals surface area contributed by atoms with Crippen molar-refractivity contribution in [2.45, 2.75) is 50.6 Å². The molecule has 0 bridgehead atoms. The Balaban J connectivity index is 1.48. The van der Waals surface area contributed by atoms with Crippen molar-refractivity contribution in [3.8, 4) is 17.2 Å². The number of rotatable bonds is 11. The summed E-state index contributed by atoms with van der Waals surface area (Å²) in [7, 11) is 6.01. The molecule has 0 aliphatic carbocycles. The van der Waals surface area contributed by atoms with Crippen LogP contribution in [0.25, 0.3) is 0 Å². The molecule has 4 rings (SSSR count). The van der Waals surface area contributed by atoms with Gasteiger partial charge >= 0.3 is 6.03 Å². The van der Waals surface area contributed by atoms with Crippen LogP contribution in [0.3, 0.4) is 0 Å². The van der Waals surface area contributed by atoms with Crippen molar-refractivity contribution >= 4 is 23.5 Å². The first-order valence-corrected chi connectivity index (χ1v) is 13.4. The van der Waals surface area contributed by atoms with Crippen LogP contribution in [0, 0.1) is 5.92 Å². The van der Waals surface area contributed by atoms with E-state index in [-0.39, 0.29) is 18.0 Å². The van der Waals surface area contributed by atoms with Gasteiger partial charge < -0.3 is 34.1 Å². The molecule has 0 aromatic heterocycles. The van der Waals surface area contributed by atoms with Gasteiger partial charge in [-0.3, -0.25) is 9.59 Å². The molecular weight excluding hydrogens is 492 g/mol. The summed E-state index contributed by atoms with van der Waals surface area (Å²) in [5.74, 6) is 0.717. The number of benzene rings is 1. The molecule has 0 spiro atoms. The molecule has 210 valence electrons. The van der Waals surface area contributed by atoms with Crippen molar-refractivity contribution in [1.29, 1.82) is 0 Å². The average Bonchev–Trinajstić information content (AvgIpc) is 3.21. The highest BCUT2D eigenvalue weighted by atomic mass is 16.5. The maximum Gasteiger partial charge on any atom is 0.329 e. The predicted molar refractivity (Wildman–Crippen MR) is 141 cm³/mol. The van der Waals surface area contributed by atoms with Crippen LogP contribution in [0.1, 0.15) is 38.5 Å². The van der Waals surface area contributed by atoms with E-state index in [1.807, 2.05) is 4.90 Å². The summed E-state index contributed by atoms with van der Waals surface area (Å²) in [4.78, 5) is 45.1. The monoisotopic (exact) mass is 532 g/mol. The number of ether oxygens (including phenoxy) is 4. The summed E-state index contributed by atoms with van der Waals surface area (Å²) >= 11 is 0. The molecule has 38 heavy (non-hydrogen) atoms. The Kier molecular flexibility index (Phi) is 9.32. The normalized spacial score (nSPS) is 23.6. The maximum atomic E-state index is 13.5. The summed E-state index contributed by atoms with van der Waals surface area (Å²) in [5, 5.41) is 2.68. The zero-order valence-electron chi connectivity index (χ0n) is 22.9. The lowest BCUT2D eigenvalue weighted by atomic mass is 9.83. The third-order valence-corrected chi connectivity index (χ3v) is 7.91. The van der Waals surface area contributed by atoms with Crippen LogP contribution < -0.4 is 24.4 Å². The highest BCUT2D eigenvalue weighted by Gasteiger charge is 2.42. The molecule has 0 radical (unpaired) electrons. The number of carbonyl (C=O) groups is 3. The highest BCUT2D eigenvalue weighted by Crippen LogP contribution is 2.41. The number of imide groups is 1. The van der Waals surface area contributed by atoms with Gasteiger partial charge in [-0.1, -0.05) is 6.42 Å². The molecule has 3 aliphatic heterocycles. The average molecular weight is 533 g/mol. The molecule has 0 unspecified atom stereocenters. The van der Waals surface area contributed by atoms with Gasteiger partial charge in [0.1, 0.15) is 6.04 Å². The lowest BCUT2D eigenvalue weighted by Gasteiger charge is -2.45.